The Morgan fingerprint density at radius 1 is 1.00 bits per heavy atom. The van der Waals surface area contributed by atoms with Gasteiger partial charge >= 0.3 is 0 Å². The number of benzene rings is 1. The lowest BCUT2D eigenvalue weighted by Gasteiger charge is -2.26. The maximum atomic E-state index is 4.37. The molecule has 0 heterocycles. The van der Waals surface area contributed by atoms with E-state index in [1.165, 1.54) is 23.2 Å². The van der Waals surface area contributed by atoms with Crippen LogP contribution in [0.25, 0.3) is 5.57 Å². The van der Waals surface area contributed by atoms with E-state index in [0.717, 1.165) is 38.2 Å². The molecule has 0 radical (unpaired) electrons. The van der Waals surface area contributed by atoms with Gasteiger partial charge in [0.05, 0.1) is 0 Å². The highest BCUT2D eigenvalue weighted by Crippen LogP contribution is 2.28. The third kappa shape index (κ3) is 4.85. The van der Waals surface area contributed by atoms with Crippen LogP contribution in [0, 0.1) is 0 Å². The Labute approximate surface area is 154 Å². The van der Waals surface area contributed by atoms with E-state index < -0.39 is 0 Å². The summed E-state index contributed by atoms with van der Waals surface area (Å²) in [7, 11) is 0. The van der Waals surface area contributed by atoms with E-state index in [0.29, 0.717) is 6.04 Å². The van der Waals surface area contributed by atoms with Crippen molar-refractivity contribution >= 4 is 11.3 Å². The van der Waals surface area contributed by atoms with Crippen molar-refractivity contribution in [2.24, 2.45) is 0 Å². The minimum absolute atomic E-state index is 0.543. The van der Waals surface area contributed by atoms with E-state index in [1.807, 2.05) is 0 Å². The smallest absolute Gasteiger partial charge is 0.0366 e. The fourth-order valence-electron chi connectivity index (χ4n) is 3.64. The minimum atomic E-state index is 0.543. The van der Waals surface area contributed by atoms with Gasteiger partial charge in [0.25, 0.3) is 0 Å². The van der Waals surface area contributed by atoms with E-state index in [9.17, 15) is 0 Å². The van der Waals surface area contributed by atoms with Crippen LogP contribution in [-0.4, -0.2) is 37.1 Å². The van der Waals surface area contributed by atoms with Crippen LogP contribution in [-0.2, 0) is 0 Å². The van der Waals surface area contributed by atoms with Crippen molar-refractivity contribution in [1.29, 1.82) is 0 Å². The zero-order valence-corrected chi connectivity index (χ0v) is 16.5. The Morgan fingerprint density at radius 2 is 1.64 bits per heavy atom. The van der Waals surface area contributed by atoms with Gasteiger partial charge in [0, 0.05) is 24.8 Å². The molecular formula is C23H34N2. The lowest BCUT2D eigenvalue weighted by Crippen LogP contribution is -2.33. The lowest BCUT2D eigenvalue weighted by molar-refractivity contribution is 0.245. The maximum Gasteiger partial charge on any atom is 0.0366 e. The molecule has 2 heteroatoms. The average Bonchev–Trinajstić information content (AvgIpc) is 2.90. The quantitative estimate of drug-likeness (QED) is 0.614. The topological polar surface area (TPSA) is 6.48 Å². The molecule has 1 atom stereocenters. The number of nitrogens with zero attached hydrogens (tertiary/aromatic N) is 2. The van der Waals surface area contributed by atoms with Crippen molar-refractivity contribution < 1.29 is 0 Å². The minimum Gasteiger partial charge on any atom is -0.372 e. The SMILES string of the molecule is C=C(C1=CCCC(N(CC)CC)C=C1)c1ccc(N(CC)CC)cc1. The summed E-state index contributed by atoms with van der Waals surface area (Å²) in [6, 6.07) is 9.39. The molecular weight excluding hydrogens is 304 g/mol. The summed E-state index contributed by atoms with van der Waals surface area (Å²) in [5.74, 6) is 0. The molecule has 0 fully saturated rings. The van der Waals surface area contributed by atoms with E-state index in [1.54, 1.807) is 0 Å². The van der Waals surface area contributed by atoms with Gasteiger partial charge < -0.3 is 4.90 Å². The van der Waals surface area contributed by atoms with Crippen LogP contribution in [0.2, 0.25) is 0 Å². The van der Waals surface area contributed by atoms with Crippen molar-refractivity contribution in [3.8, 4) is 0 Å². The Balaban J connectivity index is 2.12. The number of rotatable bonds is 8. The third-order valence-electron chi connectivity index (χ3n) is 5.30. The van der Waals surface area contributed by atoms with E-state index >= 15 is 0 Å². The highest BCUT2D eigenvalue weighted by atomic mass is 15.1. The summed E-state index contributed by atoms with van der Waals surface area (Å²) in [4.78, 5) is 4.89. The van der Waals surface area contributed by atoms with Gasteiger partial charge in [-0.05, 0) is 68.6 Å². The van der Waals surface area contributed by atoms with Gasteiger partial charge in [-0.2, -0.15) is 0 Å². The number of anilines is 1. The molecule has 1 aliphatic rings. The van der Waals surface area contributed by atoms with Crippen LogP contribution in [0.1, 0.15) is 46.1 Å². The number of hydrogen-bond acceptors (Lipinski definition) is 2. The first-order valence-electron chi connectivity index (χ1n) is 9.81. The zero-order chi connectivity index (χ0) is 18.2. The molecule has 1 aromatic rings. The molecule has 0 N–H and O–H groups in total. The fraction of sp³-hybridized carbons (Fsp3) is 0.478. The largest absolute Gasteiger partial charge is 0.372 e. The van der Waals surface area contributed by atoms with E-state index in [-0.39, 0.29) is 0 Å². The standard InChI is InChI=1S/C23H34N2/c1-6-24(7-2)22-12-10-11-20(13-16-22)19(5)21-14-17-23(18-15-21)25(8-3)9-4/h11,13-18,22H,5-10,12H2,1-4H3. The molecule has 0 bridgehead atoms. The molecule has 0 saturated carbocycles. The van der Waals surface area contributed by atoms with E-state index in [2.05, 4.69) is 86.6 Å². The summed E-state index contributed by atoms with van der Waals surface area (Å²) >= 11 is 0. The first-order valence-corrected chi connectivity index (χ1v) is 9.81. The normalized spacial score (nSPS) is 17.3. The summed E-state index contributed by atoms with van der Waals surface area (Å²) in [6.07, 6.45) is 9.29. The Morgan fingerprint density at radius 3 is 2.20 bits per heavy atom. The van der Waals surface area contributed by atoms with Gasteiger partial charge in [0.2, 0.25) is 0 Å². The molecule has 0 amide bonds. The zero-order valence-electron chi connectivity index (χ0n) is 16.5. The van der Waals surface area contributed by atoms with Crippen LogP contribution >= 0.6 is 0 Å². The Hall–Kier alpha value is -1.80. The van der Waals surface area contributed by atoms with Crippen molar-refractivity contribution in [2.75, 3.05) is 31.1 Å². The fourth-order valence-corrected chi connectivity index (χ4v) is 3.64. The number of likely N-dealkylation sites (N-methyl/N-ethyl adjacent to an activating group) is 1. The Kier molecular flexibility index (Phi) is 7.52. The molecule has 1 aliphatic carbocycles. The van der Waals surface area contributed by atoms with Crippen LogP contribution in [0.4, 0.5) is 5.69 Å². The molecule has 1 unspecified atom stereocenters. The lowest BCUT2D eigenvalue weighted by atomic mass is 9.98. The summed E-state index contributed by atoms with van der Waals surface area (Å²) in [6.45, 7) is 17.5. The summed E-state index contributed by atoms with van der Waals surface area (Å²) in [5, 5.41) is 0. The molecule has 136 valence electrons. The molecule has 0 aromatic heterocycles. The molecule has 0 aliphatic heterocycles. The highest BCUT2D eigenvalue weighted by Gasteiger charge is 2.15. The predicted molar refractivity (Wildman–Crippen MR) is 112 cm³/mol. The molecule has 1 aromatic carbocycles. The van der Waals surface area contributed by atoms with Crippen LogP contribution < -0.4 is 4.90 Å². The monoisotopic (exact) mass is 338 g/mol. The second-order valence-electron chi connectivity index (χ2n) is 6.58. The molecule has 2 rings (SSSR count). The summed E-state index contributed by atoms with van der Waals surface area (Å²) in [5.41, 5.74) is 4.90. The second-order valence-corrected chi connectivity index (χ2v) is 6.58. The first kappa shape index (κ1) is 19.5. The molecule has 2 nitrogen and oxygen atoms in total. The Bertz CT molecular complexity index is 601. The maximum absolute atomic E-state index is 4.37. The van der Waals surface area contributed by atoms with Gasteiger partial charge in [-0.1, -0.05) is 50.8 Å². The second kappa shape index (κ2) is 9.62. The van der Waals surface area contributed by atoms with Gasteiger partial charge in [-0.25, -0.2) is 0 Å². The van der Waals surface area contributed by atoms with Crippen LogP contribution in [0.15, 0.2) is 54.6 Å². The van der Waals surface area contributed by atoms with Crippen LogP contribution in [0.5, 0.6) is 0 Å². The first-order chi connectivity index (χ1) is 12.1. The van der Waals surface area contributed by atoms with E-state index in [4.69, 9.17) is 0 Å². The van der Waals surface area contributed by atoms with Gasteiger partial charge in [-0.3, -0.25) is 4.90 Å². The molecule has 0 spiro atoms. The number of hydrogen-bond donors (Lipinski definition) is 0. The van der Waals surface area contributed by atoms with Crippen LogP contribution in [0.3, 0.4) is 0 Å². The van der Waals surface area contributed by atoms with Crippen molar-refractivity contribution in [3.05, 3.63) is 60.2 Å². The van der Waals surface area contributed by atoms with Crippen molar-refractivity contribution in [3.63, 3.8) is 0 Å². The summed E-state index contributed by atoms with van der Waals surface area (Å²) < 4.78 is 0. The van der Waals surface area contributed by atoms with Gasteiger partial charge in [-0.15, -0.1) is 0 Å². The highest BCUT2D eigenvalue weighted by molar-refractivity contribution is 5.80. The van der Waals surface area contributed by atoms with Gasteiger partial charge in [0.1, 0.15) is 0 Å². The third-order valence-corrected chi connectivity index (χ3v) is 5.30. The molecule has 25 heavy (non-hydrogen) atoms. The van der Waals surface area contributed by atoms with Crippen molar-refractivity contribution in [2.45, 2.75) is 46.6 Å². The van der Waals surface area contributed by atoms with Gasteiger partial charge in [0.15, 0.2) is 0 Å². The molecule has 0 saturated heterocycles. The van der Waals surface area contributed by atoms with Crippen molar-refractivity contribution in [1.82, 2.24) is 4.90 Å². The predicted octanol–water partition coefficient (Wildman–Crippen LogP) is 5.53. The average molecular weight is 339 g/mol. The number of allylic oxidation sites excluding steroid dienone is 4.